The highest BCUT2D eigenvalue weighted by Crippen LogP contribution is 2.30. The van der Waals surface area contributed by atoms with Crippen LogP contribution in [-0.2, 0) is 0 Å². The average Bonchev–Trinajstić information content (AvgIpc) is 2.68. The van der Waals surface area contributed by atoms with Gasteiger partial charge in [-0.15, -0.1) is 0 Å². The third-order valence-electron chi connectivity index (χ3n) is 2.60. The summed E-state index contributed by atoms with van der Waals surface area (Å²) >= 11 is 0. The Morgan fingerprint density at radius 2 is 1.81 bits per heavy atom. The molecule has 0 saturated carbocycles. The zero-order valence-corrected chi connectivity index (χ0v) is 8.64. The van der Waals surface area contributed by atoms with E-state index in [0.29, 0.717) is 0 Å². The summed E-state index contributed by atoms with van der Waals surface area (Å²) in [5.41, 5.74) is 7.10. The first kappa shape index (κ1) is 9.24. The van der Waals surface area contributed by atoms with Gasteiger partial charge in [0.2, 0.25) is 0 Å². The van der Waals surface area contributed by atoms with Gasteiger partial charge in [0.25, 0.3) is 0 Å². The fraction of sp³-hybridized carbons (Fsp3) is 0.0769. The molecule has 16 heavy (non-hydrogen) atoms. The van der Waals surface area contributed by atoms with Crippen LogP contribution in [-0.4, -0.2) is 6.73 Å². The van der Waals surface area contributed by atoms with E-state index in [1.807, 2.05) is 42.5 Å². The van der Waals surface area contributed by atoms with Crippen LogP contribution in [0.4, 0.5) is 0 Å². The number of para-hydroxylation sites is 1. The van der Waals surface area contributed by atoms with E-state index in [9.17, 15) is 0 Å². The molecule has 80 valence electrons. The van der Waals surface area contributed by atoms with E-state index in [2.05, 4.69) is 0 Å². The molecule has 0 fully saturated rings. The van der Waals surface area contributed by atoms with Crippen molar-refractivity contribution in [3.05, 3.63) is 42.5 Å². The first-order valence-electron chi connectivity index (χ1n) is 5.12. The van der Waals surface area contributed by atoms with Crippen LogP contribution in [0, 0.1) is 0 Å². The van der Waals surface area contributed by atoms with Gasteiger partial charge < -0.3 is 9.15 Å². The van der Waals surface area contributed by atoms with Gasteiger partial charge in [0.15, 0.2) is 0 Å². The smallest absolute Gasteiger partial charge is 0.137 e. The second-order valence-electron chi connectivity index (χ2n) is 3.57. The lowest BCUT2D eigenvalue weighted by Crippen LogP contribution is -2.06. The highest BCUT2D eigenvalue weighted by molar-refractivity contribution is 6.05. The molecule has 0 unspecified atom stereocenters. The Bertz CT molecular complexity index is 643. The van der Waals surface area contributed by atoms with Gasteiger partial charge in [-0.3, -0.25) is 5.73 Å². The van der Waals surface area contributed by atoms with Crippen molar-refractivity contribution in [3.8, 4) is 5.75 Å². The zero-order valence-electron chi connectivity index (χ0n) is 8.64. The highest BCUT2D eigenvalue weighted by atomic mass is 16.5. The molecule has 2 aromatic carbocycles. The van der Waals surface area contributed by atoms with Gasteiger partial charge in [0.1, 0.15) is 23.6 Å². The van der Waals surface area contributed by atoms with Gasteiger partial charge in [0.05, 0.1) is 0 Å². The maximum atomic E-state index is 5.70. The molecule has 0 atom stereocenters. The van der Waals surface area contributed by atoms with Crippen LogP contribution in [0.25, 0.3) is 21.9 Å². The predicted octanol–water partition coefficient (Wildman–Crippen LogP) is 2.88. The topological polar surface area (TPSA) is 48.4 Å². The van der Waals surface area contributed by atoms with Crippen LogP contribution < -0.4 is 10.5 Å². The van der Waals surface area contributed by atoms with Crippen molar-refractivity contribution in [2.45, 2.75) is 0 Å². The number of ether oxygens (including phenoxy) is 1. The molecule has 0 amide bonds. The summed E-state index contributed by atoms with van der Waals surface area (Å²) in [6, 6.07) is 13.7. The fourth-order valence-electron chi connectivity index (χ4n) is 1.89. The summed E-state index contributed by atoms with van der Waals surface area (Å²) in [5.74, 6) is 0.765. The minimum Gasteiger partial charge on any atom is -0.479 e. The Balaban J connectivity index is 2.31. The number of hydrogen-bond donors (Lipinski definition) is 1. The lowest BCUT2D eigenvalue weighted by Gasteiger charge is -2.01. The first-order valence-corrected chi connectivity index (χ1v) is 5.12. The number of benzene rings is 2. The molecule has 3 heteroatoms. The van der Waals surface area contributed by atoms with E-state index in [-0.39, 0.29) is 6.73 Å². The van der Waals surface area contributed by atoms with Gasteiger partial charge in [-0.05, 0) is 24.3 Å². The second kappa shape index (κ2) is 3.54. The van der Waals surface area contributed by atoms with Crippen molar-refractivity contribution in [3.63, 3.8) is 0 Å². The van der Waals surface area contributed by atoms with E-state index in [1.54, 1.807) is 0 Å². The van der Waals surface area contributed by atoms with Crippen LogP contribution in [0.2, 0.25) is 0 Å². The van der Waals surface area contributed by atoms with E-state index in [0.717, 1.165) is 27.7 Å². The maximum Gasteiger partial charge on any atom is 0.137 e. The number of nitrogens with two attached hydrogens (primary N) is 1. The van der Waals surface area contributed by atoms with Gasteiger partial charge >= 0.3 is 0 Å². The standard InChI is InChI=1S/C13H11NO2/c14-8-15-9-5-6-13-11(7-9)10-3-1-2-4-12(10)16-13/h1-7H,8,14H2. The van der Waals surface area contributed by atoms with E-state index < -0.39 is 0 Å². The Labute approximate surface area is 92.4 Å². The first-order chi connectivity index (χ1) is 7.88. The van der Waals surface area contributed by atoms with E-state index in [4.69, 9.17) is 14.9 Å². The minimum absolute atomic E-state index is 0.182. The molecule has 3 rings (SSSR count). The molecule has 1 heterocycles. The van der Waals surface area contributed by atoms with Crippen molar-refractivity contribution in [2.24, 2.45) is 5.73 Å². The van der Waals surface area contributed by atoms with Crippen molar-refractivity contribution >= 4 is 21.9 Å². The minimum atomic E-state index is 0.182. The number of fused-ring (bicyclic) bond motifs is 3. The fourth-order valence-corrected chi connectivity index (χ4v) is 1.89. The van der Waals surface area contributed by atoms with Gasteiger partial charge in [0, 0.05) is 10.8 Å². The van der Waals surface area contributed by atoms with E-state index >= 15 is 0 Å². The van der Waals surface area contributed by atoms with Crippen LogP contribution in [0.15, 0.2) is 46.9 Å². The van der Waals surface area contributed by atoms with E-state index in [1.165, 1.54) is 0 Å². The van der Waals surface area contributed by atoms with Gasteiger partial charge in [-0.2, -0.15) is 0 Å². The normalized spacial score (nSPS) is 11.1. The summed E-state index contributed by atoms with van der Waals surface area (Å²) in [7, 11) is 0. The number of furan rings is 1. The van der Waals surface area contributed by atoms with Gasteiger partial charge in [-0.25, -0.2) is 0 Å². The molecule has 0 bridgehead atoms. The molecule has 0 spiro atoms. The third kappa shape index (κ3) is 1.33. The molecule has 3 nitrogen and oxygen atoms in total. The molecule has 0 radical (unpaired) electrons. The molecular formula is C13H11NO2. The SMILES string of the molecule is NCOc1ccc2oc3ccccc3c2c1. The zero-order chi connectivity index (χ0) is 11.0. The quantitative estimate of drug-likeness (QED) is 0.666. The Morgan fingerprint density at radius 3 is 2.69 bits per heavy atom. The monoisotopic (exact) mass is 213 g/mol. The third-order valence-corrected chi connectivity index (χ3v) is 2.60. The average molecular weight is 213 g/mol. The predicted molar refractivity (Wildman–Crippen MR) is 63.4 cm³/mol. The van der Waals surface area contributed by atoms with Crippen molar-refractivity contribution in [1.82, 2.24) is 0 Å². The van der Waals surface area contributed by atoms with Crippen molar-refractivity contribution in [2.75, 3.05) is 6.73 Å². The lowest BCUT2D eigenvalue weighted by atomic mass is 10.1. The molecule has 0 saturated heterocycles. The van der Waals surface area contributed by atoms with Crippen LogP contribution in [0.1, 0.15) is 0 Å². The second-order valence-corrected chi connectivity index (χ2v) is 3.57. The van der Waals surface area contributed by atoms with Crippen LogP contribution in [0.3, 0.4) is 0 Å². The van der Waals surface area contributed by atoms with Crippen molar-refractivity contribution in [1.29, 1.82) is 0 Å². The Hall–Kier alpha value is -2.00. The molecular weight excluding hydrogens is 202 g/mol. The van der Waals surface area contributed by atoms with Crippen molar-refractivity contribution < 1.29 is 9.15 Å². The summed E-state index contributed by atoms with van der Waals surface area (Å²) in [6.07, 6.45) is 0. The summed E-state index contributed by atoms with van der Waals surface area (Å²) in [4.78, 5) is 0. The molecule has 3 aromatic rings. The Morgan fingerprint density at radius 1 is 1.00 bits per heavy atom. The molecule has 0 aliphatic rings. The summed E-state index contributed by atoms with van der Waals surface area (Å²) < 4.78 is 11.0. The Kier molecular flexibility index (Phi) is 2.04. The number of rotatable bonds is 2. The van der Waals surface area contributed by atoms with Crippen LogP contribution >= 0.6 is 0 Å². The molecule has 0 aliphatic carbocycles. The summed E-state index contributed by atoms with van der Waals surface area (Å²) in [6.45, 7) is 0.182. The van der Waals surface area contributed by atoms with Gasteiger partial charge in [-0.1, -0.05) is 18.2 Å². The lowest BCUT2D eigenvalue weighted by molar-refractivity contribution is 0.330. The highest BCUT2D eigenvalue weighted by Gasteiger charge is 2.06. The number of hydrogen-bond acceptors (Lipinski definition) is 3. The molecule has 0 aliphatic heterocycles. The maximum absolute atomic E-state index is 5.70. The largest absolute Gasteiger partial charge is 0.479 e. The molecule has 2 N–H and O–H groups in total. The summed E-state index contributed by atoms with van der Waals surface area (Å²) in [5, 5.41) is 2.15. The molecule has 1 aromatic heterocycles. The van der Waals surface area contributed by atoms with Crippen LogP contribution in [0.5, 0.6) is 5.75 Å².